The fraction of sp³-hybridized carbons (Fsp3) is 0.0833. The highest BCUT2D eigenvalue weighted by Crippen LogP contribution is 2.40. The summed E-state index contributed by atoms with van der Waals surface area (Å²) in [4.78, 5) is 27.1. The molecule has 0 aliphatic carbocycles. The molecule has 4 nitrogen and oxygen atoms in total. The molecule has 1 N–H and O–H groups in total. The number of hydrogen-bond acceptors (Lipinski definition) is 3. The van der Waals surface area contributed by atoms with Gasteiger partial charge in [-0.15, -0.1) is 0 Å². The van der Waals surface area contributed by atoms with Crippen LogP contribution in [0.2, 0.25) is 0 Å². The number of rotatable bonds is 4. The molecule has 3 aromatic carbocycles. The summed E-state index contributed by atoms with van der Waals surface area (Å²) < 4.78 is 14.0. The van der Waals surface area contributed by atoms with Gasteiger partial charge in [-0.3, -0.25) is 9.59 Å². The van der Waals surface area contributed by atoms with E-state index in [1.54, 1.807) is 36.4 Å². The van der Waals surface area contributed by atoms with Crippen molar-refractivity contribution >= 4 is 17.4 Å². The van der Waals surface area contributed by atoms with Gasteiger partial charge in [0.15, 0.2) is 0 Å². The lowest BCUT2D eigenvalue weighted by Gasteiger charge is -2.25. The van der Waals surface area contributed by atoms with Gasteiger partial charge < -0.3 is 10.0 Å². The van der Waals surface area contributed by atoms with Crippen LogP contribution in [0.25, 0.3) is 5.76 Å². The Morgan fingerprint density at radius 1 is 0.897 bits per heavy atom. The molecule has 1 saturated heterocycles. The lowest BCUT2D eigenvalue weighted by Crippen LogP contribution is -2.29. The zero-order valence-corrected chi connectivity index (χ0v) is 15.5. The molecule has 1 aliphatic heterocycles. The second-order valence-corrected chi connectivity index (χ2v) is 6.83. The van der Waals surface area contributed by atoms with Gasteiger partial charge in [-0.05, 0) is 23.3 Å². The first-order valence-electron chi connectivity index (χ1n) is 9.19. The maximum Gasteiger partial charge on any atom is 0.295 e. The van der Waals surface area contributed by atoms with Crippen LogP contribution in [0, 0.1) is 5.82 Å². The minimum atomic E-state index is -0.883. The summed E-state index contributed by atoms with van der Waals surface area (Å²) in [5, 5.41) is 10.9. The highest BCUT2D eigenvalue weighted by molar-refractivity contribution is 6.46. The standard InChI is InChI=1S/C24H18FNO3/c25-19-13-7-12-18(14-19)21-20(22(27)17-10-5-2-6-11-17)23(28)24(29)26(21)15-16-8-3-1-4-9-16/h1-14,21,27H,15H2/b22-20+. The monoisotopic (exact) mass is 387 g/mol. The van der Waals surface area contributed by atoms with Crippen molar-refractivity contribution in [3.63, 3.8) is 0 Å². The van der Waals surface area contributed by atoms with Gasteiger partial charge in [-0.25, -0.2) is 4.39 Å². The predicted molar refractivity (Wildman–Crippen MR) is 107 cm³/mol. The van der Waals surface area contributed by atoms with E-state index in [1.165, 1.54) is 23.1 Å². The van der Waals surface area contributed by atoms with Crippen LogP contribution in [0.3, 0.4) is 0 Å². The van der Waals surface area contributed by atoms with E-state index in [0.717, 1.165) is 5.56 Å². The number of likely N-dealkylation sites (tertiary alicyclic amines) is 1. The second-order valence-electron chi connectivity index (χ2n) is 6.83. The maximum atomic E-state index is 14.0. The third-order valence-corrected chi connectivity index (χ3v) is 4.95. The Morgan fingerprint density at radius 2 is 1.55 bits per heavy atom. The minimum absolute atomic E-state index is 0.0391. The zero-order chi connectivity index (χ0) is 20.4. The zero-order valence-electron chi connectivity index (χ0n) is 15.5. The van der Waals surface area contributed by atoms with E-state index in [9.17, 15) is 19.1 Å². The van der Waals surface area contributed by atoms with Crippen LogP contribution in [0.5, 0.6) is 0 Å². The first kappa shape index (κ1) is 18.6. The average Bonchev–Trinajstić information content (AvgIpc) is 2.99. The Labute approximate surface area is 167 Å². The molecule has 0 radical (unpaired) electrons. The van der Waals surface area contributed by atoms with Gasteiger partial charge in [-0.2, -0.15) is 0 Å². The number of carbonyl (C=O) groups excluding carboxylic acids is 2. The summed E-state index contributed by atoms with van der Waals surface area (Å²) in [5.41, 5.74) is 1.64. The van der Waals surface area contributed by atoms with E-state index in [4.69, 9.17) is 0 Å². The van der Waals surface area contributed by atoms with Crippen molar-refractivity contribution in [3.05, 3.63) is 113 Å². The first-order chi connectivity index (χ1) is 14.1. The van der Waals surface area contributed by atoms with E-state index >= 15 is 0 Å². The van der Waals surface area contributed by atoms with E-state index < -0.39 is 23.5 Å². The Balaban J connectivity index is 1.87. The van der Waals surface area contributed by atoms with Crippen molar-refractivity contribution in [2.45, 2.75) is 12.6 Å². The molecule has 144 valence electrons. The number of aliphatic hydroxyl groups excluding tert-OH is 1. The number of nitrogens with zero attached hydrogens (tertiary/aromatic N) is 1. The van der Waals surface area contributed by atoms with Crippen molar-refractivity contribution in [2.75, 3.05) is 0 Å². The SMILES string of the molecule is O=C1C(=O)N(Cc2ccccc2)C(c2cccc(F)c2)/C1=C(\O)c1ccccc1. The third kappa shape index (κ3) is 3.55. The normalized spacial score (nSPS) is 18.2. The minimum Gasteiger partial charge on any atom is -0.507 e. The van der Waals surface area contributed by atoms with Crippen LogP contribution in [-0.2, 0) is 16.1 Å². The van der Waals surface area contributed by atoms with E-state index in [2.05, 4.69) is 0 Å². The van der Waals surface area contributed by atoms with E-state index in [0.29, 0.717) is 11.1 Å². The number of aliphatic hydroxyl groups is 1. The van der Waals surface area contributed by atoms with Gasteiger partial charge in [0.1, 0.15) is 11.6 Å². The summed E-state index contributed by atoms with van der Waals surface area (Å²) in [7, 11) is 0. The first-order valence-corrected chi connectivity index (χ1v) is 9.19. The highest BCUT2D eigenvalue weighted by atomic mass is 19.1. The Kier molecular flexibility index (Phi) is 4.96. The molecule has 1 aliphatic rings. The van der Waals surface area contributed by atoms with Crippen LogP contribution >= 0.6 is 0 Å². The smallest absolute Gasteiger partial charge is 0.295 e. The topological polar surface area (TPSA) is 57.6 Å². The predicted octanol–water partition coefficient (Wildman–Crippen LogP) is 4.45. The van der Waals surface area contributed by atoms with Crippen molar-refractivity contribution < 1.29 is 19.1 Å². The van der Waals surface area contributed by atoms with Crippen LogP contribution in [0.1, 0.15) is 22.7 Å². The summed E-state index contributed by atoms with van der Waals surface area (Å²) in [6.07, 6.45) is 0. The molecule has 0 aromatic heterocycles. The summed E-state index contributed by atoms with van der Waals surface area (Å²) in [5.74, 6) is -2.25. The van der Waals surface area contributed by atoms with E-state index in [-0.39, 0.29) is 17.9 Å². The number of hydrogen-bond donors (Lipinski definition) is 1. The lowest BCUT2D eigenvalue weighted by molar-refractivity contribution is -0.140. The van der Waals surface area contributed by atoms with Crippen molar-refractivity contribution in [3.8, 4) is 0 Å². The summed E-state index contributed by atoms with van der Waals surface area (Å²) in [6.45, 7) is 0.165. The lowest BCUT2D eigenvalue weighted by atomic mass is 9.95. The van der Waals surface area contributed by atoms with Crippen LogP contribution < -0.4 is 0 Å². The molecule has 1 atom stereocenters. The van der Waals surface area contributed by atoms with Gasteiger partial charge in [0.25, 0.3) is 11.7 Å². The number of amides is 1. The number of Topliss-reactive ketones (excluding diaryl/α,β-unsaturated/α-hetero) is 1. The Morgan fingerprint density at radius 3 is 2.21 bits per heavy atom. The summed E-state index contributed by atoms with van der Waals surface area (Å²) >= 11 is 0. The van der Waals surface area contributed by atoms with Gasteiger partial charge in [0.05, 0.1) is 11.6 Å². The molecule has 0 bridgehead atoms. The second kappa shape index (κ2) is 7.72. The summed E-state index contributed by atoms with van der Waals surface area (Å²) in [6, 6.07) is 22.7. The molecule has 0 saturated carbocycles. The van der Waals surface area contributed by atoms with Gasteiger partial charge >= 0.3 is 0 Å². The average molecular weight is 387 g/mol. The highest BCUT2D eigenvalue weighted by Gasteiger charge is 2.46. The van der Waals surface area contributed by atoms with Crippen LogP contribution in [0.15, 0.2) is 90.5 Å². The molecule has 1 unspecified atom stereocenters. The number of halogens is 1. The van der Waals surface area contributed by atoms with Gasteiger partial charge in [0, 0.05) is 12.1 Å². The van der Waals surface area contributed by atoms with Gasteiger partial charge in [-0.1, -0.05) is 72.8 Å². The van der Waals surface area contributed by atoms with Crippen molar-refractivity contribution in [2.24, 2.45) is 0 Å². The Bertz CT molecular complexity index is 1090. The molecule has 1 fully saturated rings. The molecular weight excluding hydrogens is 369 g/mol. The van der Waals surface area contributed by atoms with Crippen LogP contribution in [-0.4, -0.2) is 21.7 Å². The van der Waals surface area contributed by atoms with Crippen molar-refractivity contribution in [1.82, 2.24) is 4.90 Å². The maximum absolute atomic E-state index is 14.0. The molecule has 29 heavy (non-hydrogen) atoms. The molecular formula is C24H18FNO3. The molecule has 0 spiro atoms. The molecule has 1 heterocycles. The Hall–Kier alpha value is -3.73. The van der Waals surface area contributed by atoms with E-state index in [1.807, 2.05) is 30.3 Å². The molecule has 3 aromatic rings. The third-order valence-electron chi connectivity index (χ3n) is 4.95. The van der Waals surface area contributed by atoms with Gasteiger partial charge in [0.2, 0.25) is 0 Å². The fourth-order valence-corrected chi connectivity index (χ4v) is 3.60. The largest absolute Gasteiger partial charge is 0.507 e. The number of ketones is 1. The number of carbonyl (C=O) groups is 2. The van der Waals surface area contributed by atoms with Crippen LogP contribution in [0.4, 0.5) is 4.39 Å². The molecule has 1 amide bonds. The fourth-order valence-electron chi connectivity index (χ4n) is 3.60. The molecule has 4 rings (SSSR count). The quantitative estimate of drug-likeness (QED) is 0.409. The van der Waals surface area contributed by atoms with Crippen molar-refractivity contribution in [1.29, 1.82) is 0 Å². The molecule has 5 heteroatoms. The number of benzene rings is 3.